The Morgan fingerprint density at radius 2 is 2.33 bits per heavy atom. The maximum atomic E-state index is 4.05. The van der Waals surface area contributed by atoms with Crippen molar-refractivity contribution >= 4 is 6.21 Å². The molecule has 0 spiro atoms. The van der Waals surface area contributed by atoms with E-state index in [1.807, 2.05) is 26.0 Å². The third-order valence-electron chi connectivity index (χ3n) is 0.758. The molecule has 0 aromatic heterocycles. The van der Waals surface area contributed by atoms with Gasteiger partial charge in [-0.15, -0.1) is 0 Å². The van der Waals surface area contributed by atoms with Crippen molar-refractivity contribution in [2.24, 2.45) is 4.99 Å². The summed E-state index contributed by atoms with van der Waals surface area (Å²) in [5.41, 5.74) is 1.000. The molecule has 0 saturated carbocycles. The van der Waals surface area contributed by atoms with Crippen LogP contribution in [-0.4, -0.2) is 12.8 Å². The van der Waals surface area contributed by atoms with Crippen molar-refractivity contribution in [3.63, 3.8) is 0 Å². The van der Waals surface area contributed by atoms with E-state index in [2.05, 4.69) is 11.6 Å². The summed E-state index contributed by atoms with van der Waals surface area (Å²) in [5, 5.41) is 0. The zero-order valence-corrected chi connectivity index (χ0v) is 6.09. The number of allylic oxidation sites excluding steroid dienone is 2. The van der Waals surface area contributed by atoms with Gasteiger partial charge in [-0.1, -0.05) is 18.7 Å². The Kier molecular flexibility index (Phi) is 4.79. The third kappa shape index (κ3) is 7.15. The molecule has 9 heavy (non-hydrogen) atoms. The Labute approximate surface area is 56.8 Å². The van der Waals surface area contributed by atoms with Gasteiger partial charge in [-0.2, -0.15) is 0 Å². The molecular formula is C8H13N. The highest BCUT2D eigenvalue weighted by Gasteiger charge is 1.71. The third-order valence-corrected chi connectivity index (χ3v) is 0.758. The number of rotatable bonds is 3. The van der Waals surface area contributed by atoms with E-state index in [0.717, 1.165) is 12.1 Å². The Morgan fingerprint density at radius 1 is 1.67 bits per heavy atom. The quantitative estimate of drug-likeness (QED) is 0.403. The second kappa shape index (κ2) is 5.29. The minimum atomic E-state index is 0.767. The highest BCUT2D eigenvalue weighted by Crippen LogP contribution is 1.80. The highest BCUT2D eigenvalue weighted by molar-refractivity contribution is 5.76. The Bertz CT molecular complexity index is 132. The fourth-order valence-electron chi connectivity index (χ4n) is 0.375. The van der Waals surface area contributed by atoms with Gasteiger partial charge in [0.05, 0.1) is 6.54 Å². The lowest BCUT2D eigenvalue weighted by atomic mass is 10.4. The molecule has 0 N–H and O–H groups in total. The molecule has 50 valence electrons. The summed E-state index contributed by atoms with van der Waals surface area (Å²) in [5.74, 6) is 0. The summed E-state index contributed by atoms with van der Waals surface area (Å²) in [7, 11) is 0. The van der Waals surface area contributed by atoms with Gasteiger partial charge in [-0.3, -0.25) is 4.99 Å². The van der Waals surface area contributed by atoms with E-state index in [0.29, 0.717) is 0 Å². The molecule has 0 rings (SSSR count). The van der Waals surface area contributed by atoms with Gasteiger partial charge in [0.1, 0.15) is 0 Å². The molecule has 0 heterocycles. The van der Waals surface area contributed by atoms with Gasteiger partial charge in [0.25, 0.3) is 0 Å². The standard InChI is InChI=1S/C8H13N/c1-4-5-6-9-7-8(2)3/h4-5,7H,2,6H2,1,3H3/b5-4-,9-7?. The van der Waals surface area contributed by atoms with Crippen molar-refractivity contribution < 1.29 is 0 Å². The van der Waals surface area contributed by atoms with Crippen LogP contribution in [0.1, 0.15) is 13.8 Å². The molecule has 0 aromatic carbocycles. The smallest absolute Gasteiger partial charge is 0.0570 e. The minimum absolute atomic E-state index is 0.767. The molecule has 0 atom stereocenters. The van der Waals surface area contributed by atoms with Crippen molar-refractivity contribution in [2.75, 3.05) is 6.54 Å². The molecule has 0 fully saturated rings. The van der Waals surface area contributed by atoms with Crippen LogP contribution in [-0.2, 0) is 0 Å². The predicted molar refractivity (Wildman–Crippen MR) is 43.0 cm³/mol. The molecule has 1 nitrogen and oxygen atoms in total. The van der Waals surface area contributed by atoms with Crippen molar-refractivity contribution in [1.29, 1.82) is 0 Å². The van der Waals surface area contributed by atoms with Crippen molar-refractivity contribution in [2.45, 2.75) is 13.8 Å². The Balaban J connectivity index is 3.36. The van der Waals surface area contributed by atoms with Crippen LogP contribution in [0.2, 0.25) is 0 Å². The Hall–Kier alpha value is -0.850. The van der Waals surface area contributed by atoms with Crippen molar-refractivity contribution in [1.82, 2.24) is 0 Å². The van der Waals surface area contributed by atoms with Crippen LogP contribution in [0.25, 0.3) is 0 Å². The van der Waals surface area contributed by atoms with Crippen LogP contribution in [0, 0.1) is 0 Å². The summed E-state index contributed by atoms with van der Waals surface area (Å²) in [4.78, 5) is 4.05. The number of hydrogen-bond donors (Lipinski definition) is 0. The summed E-state index contributed by atoms with van der Waals surface area (Å²) in [6, 6.07) is 0. The largest absolute Gasteiger partial charge is 0.289 e. The van der Waals surface area contributed by atoms with Crippen molar-refractivity contribution in [3.05, 3.63) is 24.3 Å². The summed E-state index contributed by atoms with van der Waals surface area (Å²) in [6.07, 6.45) is 5.76. The van der Waals surface area contributed by atoms with Gasteiger partial charge in [0.15, 0.2) is 0 Å². The van der Waals surface area contributed by atoms with E-state index >= 15 is 0 Å². The molecule has 0 unspecified atom stereocenters. The number of nitrogens with zero attached hydrogens (tertiary/aromatic N) is 1. The van der Waals surface area contributed by atoms with E-state index in [1.165, 1.54) is 0 Å². The lowest BCUT2D eigenvalue weighted by Gasteiger charge is -1.82. The average Bonchev–Trinajstić information content (AvgIpc) is 1.80. The van der Waals surface area contributed by atoms with E-state index < -0.39 is 0 Å². The van der Waals surface area contributed by atoms with Crippen LogP contribution in [0.15, 0.2) is 29.3 Å². The van der Waals surface area contributed by atoms with Crippen LogP contribution in [0.3, 0.4) is 0 Å². The number of aliphatic imine (C=N–C) groups is 1. The minimum Gasteiger partial charge on any atom is -0.289 e. The summed E-state index contributed by atoms with van der Waals surface area (Å²) in [6.45, 7) is 8.36. The molecule has 0 saturated heterocycles. The second-order valence-corrected chi connectivity index (χ2v) is 1.91. The van der Waals surface area contributed by atoms with E-state index in [9.17, 15) is 0 Å². The summed E-state index contributed by atoms with van der Waals surface area (Å²) < 4.78 is 0. The molecule has 0 bridgehead atoms. The van der Waals surface area contributed by atoms with Gasteiger partial charge in [0.2, 0.25) is 0 Å². The number of hydrogen-bond acceptors (Lipinski definition) is 1. The van der Waals surface area contributed by atoms with Crippen molar-refractivity contribution in [3.8, 4) is 0 Å². The average molecular weight is 123 g/mol. The molecule has 0 aliphatic carbocycles. The molecule has 0 radical (unpaired) electrons. The monoisotopic (exact) mass is 123 g/mol. The first-order valence-corrected chi connectivity index (χ1v) is 3.04. The lowest BCUT2D eigenvalue weighted by Crippen LogP contribution is -1.76. The first kappa shape index (κ1) is 8.15. The van der Waals surface area contributed by atoms with E-state index in [-0.39, 0.29) is 0 Å². The predicted octanol–water partition coefficient (Wildman–Crippen LogP) is 2.21. The van der Waals surface area contributed by atoms with Gasteiger partial charge in [0, 0.05) is 6.21 Å². The van der Waals surface area contributed by atoms with Gasteiger partial charge in [-0.25, -0.2) is 0 Å². The Morgan fingerprint density at radius 3 is 2.78 bits per heavy atom. The molecule has 0 amide bonds. The highest BCUT2D eigenvalue weighted by atomic mass is 14.7. The fraction of sp³-hybridized carbons (Fsp3) is 0.375. The van der Waals surface area contributed by atoms with Gasteiger partial charge in [-0.05, 0) is 19.4 Å². The fourth-order valence-corrected chi connectivity index (χ4v) is 0.375. The first-order valence-electron chi connectivity index (χ1n) is 3.04. The maximum Gasteiger partial charge on any atom is 0.0570 e. The van der Waals surface area contributed by atoms with Crippen LogP contribution < -0.4 is 0 Å². The topological polar surface area (TPSA) is 12.4 Å². The van der Waals surface area contributed by atoms with E-state index in [1.54, 1.807) is 6.21 Å². The second-order valence-electron chi connectivity index (χ2n) is 1.91. The van der Waals surface area contributed by atoms with E-state index in [4.69, 9.17) is 0 Å². The van der Waals surface area contributed by atoms with Crippen LogP contribution >= 0.6 is 0 Å². The molecule has 0 aliphatic heterocycles. The van der Waals surface area contributed by atoms with Gasteiger partial charge >= 0.3 is 0 Å². The zero-order valence-electron chi connectivity index (χ0n) is 6.09. The first-order chi connectivity index (χ1) is 4.27. The van der Waals surface area contributed by atoms with Crippen LogP contribution in [0.4, 0.5) is 0 Å². The van der Waals surface area contributed by atoms with Crippen LogP contribution in [0.5, 0.6) is 0 Å². The molecule has 0 aliphatic rings. The maximum absolute atomic E-state index is 4.05. The normalized spacial score (nSPS) is 11.3. The van der Waals surface area contributed by atoms with Gasteiger partial charge < -0.3 is 0 Å². The lowest BCUT2D eigenvalue weighted by molar-refractivity contribution is 1.25. The SMILES string of the molecule is C=C(C)C=NC/C=C\C. The summed E-state index contributed by atoms with van der Waals surface area (Å²) >= 11 is 0. The molecule has 0 aromatic rings. The molecular weight excluding hydrogens is 110 g/mol. The molecule has 1 heteroatoms. The zero-order chi connectivity index (χ0) is 7.11.